The number of carbonyl (C=O) groups excluding carboxylic acids is 1. The summed E-state index contributed by atoms with van der Waals surface area (Å²) >= 11 is 0. The summed E-state index contributed by atoms with van der Waals surface area (Å²) in [5, 5.41) is 11.9. The van der Waals surface area contributed by atoms with Gasteiger partial charge >= 0.3 is 0 Å². The average Bonchev–Trinajstić information content (AvgIpc) is 2.52. The largest absolute Gasteiger partial charge is 0.392 e. The molecule has 2 rings (SSSR count). The predicted molar refractivity (Wildman–Crippen MR) is 80.0 cm³/mol. The standard InChI is InChI=1S/C17H25NO2/c19-13-16-8-6-15(7-9-16)12-18-17(20)11-10-14-4-2-1-3-5-14/h6-9,14,19H,1-5,10-13H2,(H,18,20). The van der Waals surface area contributed by atoms with Gasteiger partial charge in [-0.2, -0.15) is 0 Å². The highest BCUT2D eigenvalue weighted by molar-refractivity contribution is 5.75. The fourth-order valence-corrected chi connectivity index (χ4v) is 2.86. The maximum atomic E-state index is 11.8. The van der Waals surface area contributed by atoms with Gasteiger partial charge in [-0.25, -0.2) is 0 Å². The number of benzene rings is 1. The number of rotatable bonds is 6. The van der Waals surface area contributed by atoms with Crippen LogP contribution in [0.3, 0.4) is 0 Å². The molecule has 3 nitrogen and oxygen atoms in total. The maximum absolute atomic E-state index is 11.8. The molecule has 0 saturated heterocycles. The Morgan fingerprint density at radius 2 is 1.75 bits per heavy atom. The van der Waals surface area contributed by atoms with E-state index < -0.39 is 0 Å². The molecule has 1 aliphatic rings. The fourth-order valence-electron chi connectivity index (χ4n) is 2.86. The number of hydrogen-bond donors (Lipinski definition) is 2. The van der Waals surface area contributed by atoms with Gasteiger partial charge in [-0.1, -0.05) is 56.4 Å². The van der Waals surface area contributed by atoms with Crippen LogP contribution in [0.2, 0.25) is 0 Å². The summed E-state index contributed by atoms with van der Waals surface area (Å²) in [4.78, 5) is 11.8. The number of aliphatic hydroxyl groups is 1. The Morgan fingerprint density at radius 3 is 2.40 bits per heavy atom. The van der Waals surface area contributed by atoms with Crippen LogP contribution in [-0.2, 0) is 17.9 Å². The van der Waals surface area contributed by atoms with Gasteiger partial charge in [-0.3, -0.25) is 4.79 Å². The second-order valence-corrected chi connectivity index (χ2v) is 5.79. The molecule has 0 spiro atoms. The number of hydrogen-bond acceptors (Lipinski definition) is 2. The van der Waals surface area contributed by atoms with Crippen molar-refractivity contribution in [3.05, 3.63) is 35.4 Å². The van der Waals surface area contributed by atoms with Gasteiger partial charge in [0.2, 0.25) is 5.91 Å². The van der Waals surface area contributed by atoms with Gasteiger partial charge in [0, 0.05) is 13.0 Å². The van der Waals surface area contributed by atoms with Crippen LogP contribution in [0.1, 0.15) is 56.1 Å². The van der Waals surface area contributed by atoms with Crippen molar-refractivity contribution in [1.82, 2.24) is 5.32 Å². The lowest BCUT2D eigenvalue weighted by Crippen LogP contribution is -2.23. The number of aliphatic hydroxyl groups excluding tert-OH is 1. The molecule has 2 N–H and O–H groups in total. The van der Waals surface area contributed by atoms with E-state index in [4.69, 9.17) is 5.11 Å². The molecule has 1 aromatic carbocycles. The van der Waals surface area contributed by atoms with Crippen molar-refractivity contribution in [2.24, 2.45) is 5.92 Å². The molecule has 0 atom stereocenters. The SMILES string of the molecule is O=C(CCC1CCCCC1)NCc1ccc(CO)cc1. The van der Waals surface area contributed by atoms with Gasteiger partial charge in [-0.05, 0) is 23.5 Å². The first-order chi connectivity index (χ1) is 9.78. The van der Waals surface area contributed by atoms with Crippen molar-refractivity contribution in [3.63, 3.8) is 0 Å². The summed E-state index contributed by atoms with van der Waals surface area (Å²) in [6, 6.07) is 7.69. The van der Waals surface area contributed by atoms with Crippen molar-refractivity contribution < 1.29 is 9.90 Å². The molecule has 0 aromatic heterocycles. The van der Waals surface area contributed by atoms with Gasteiger partial charge in [0.05, 0.1) is 6.61 Å². The molecule has 110 valence electrons. The Kier molecular flexibility index (Phi) is 6.06. The van der Waals surface area contributed by atoms with Gasteiger partial charge in [-0.15, -0.1) is 0 Å². The Labute approximate surface area is 121 Å². The third-order valence-electron chi connectivity index (χ3n) is 4.20. The van der Waals surface area contributed by atoms with Crippen LogP contribution in [0.25, 0.3) is 0 Å². The zero-order chi connectivity index (χ0) is 14.2. The molecule has 0 radical (unpaired) electrons. The molecule has 0 aliphatic heterocycles. The minimum Gasteiger partial charge on any atom is -0.392 e. The molecule has 0 unspecified atom stereocenters. The third kappa shape index (κ3) is 4.97. The second kappa shape index (κ2) is 8.05. The summed E-state index contributed by atoms with van der Waals surface area (Å²) in [5.41, 5.74) is 1.98. The van der Waals surface area contributed by atoms with E-state index in [1.165, 1.54) is 32.1 Å². The first-order valence-electron chi connectivity index (χ1n) is 7.73. The van der Waals surface area contributed by atoms with Gasteiger partial charge < -0.3 is 10.4 Å². The molecule has 20 heavy (non-hydrogen) atoms. The lowest BCUT2D eigenvalue weighted by molar-refractivity contribution is -0.121. The summed E-state index contributed by atoms with van der Waals surface area (Å²) in [6.45, 7) is 0.642. The summed E-state index contributed by atoms with van der Waals surface area (Å²) < 4.78 is 0. The zero-order valence-electron chi connectivity index (χ0n) is 12.1. The monoisotopic (exact) mass is 275 g/mol. The van der Waals surface area contributed by atoms with Crippen molar-refractivity contribution in [2.75, 3.05) is 0 Å². The highest BCUT2D eigenvalue weighted by Gasteiger charge is 2.14. The molecule has 1 aromatic rings. The second-order valence-electron chi connectivity index (χ2n) is 5.79. The van der Waals surface area contributed by atoms with Gasteiger partial charge in [0.15, 0.2) is 0 Å². The fraction of sp³-hybridized carbons (Fsp3) is 0.588. The summed E-state index contributed by atoms with van der Waals surface area (Å²) in [6.07, 6.45) is 8.33. The van der Waals surface area contributed by atoms with E-state index in [0.717, 1.165) is 23.5 Å². The van der Waals surface area contributed by atoms with E-state index in [1.54, 1.807) is 0 Å². The van der Waals surface area contributed by atoms with Crippen LogP contribution in [0.15, 0.2) is 24.3 Å². The Balaban J connectivity index is 1.66. The third-order valence-corrected chi connectivity index (χ3v) is 4.20. The van der Waals surface area contributed by atoms with Crippen molar-refractivity contribution in [3.8, 4) is 0 Å². The van der Waals surface area contributed by atoms with Crippen LogP contribution >= 0.6 is 0 Å². The van der Waals surface area contributed by atoms with Gasteiger partial charge in [0.1, 0.15) is 0 Å². The minimum absolute atomic E-state index is 0.0635. The van der Waals surface area contributed by atoms with E-state index in [2.05, 4.69) is 5.32 Å². The molecule has 1 amide bonds. The maximum Gasteiger partial charge on any atom is 0.220 e. The highest BCUT2D eigenvalue weighted by Crippen LogP contribution is 2.27. The normalized spacial score (nSPS) is 16.1. The quantitative estimate of drug-likeness (QED) is 0.838. The summed E-state index contributed by atoms with van der Waals surface area (Å²) in [5.74, 6) is 0.917. The predicted octanol–water partition coefficient (Wildman–Crippen LogP) is 3.16. The lowest BCUT2D eigenvalue weighted by atomic mass is 9.86. The topological polar surface area (TPSA) is 49.3 Å². The minimum atomic E-state index is 0.0635. The van der Waals surface area contributed by atoms with Crippen LogP contribution in [0.5, 0.6) is 0 Å². The highest BCUT2D eigenvalue weighted by atomic mass is 16.3. The van der Waals surface area contributed by atoms with E-state index in [1.807, 2.05) is 24.3 Å². The molecule has 0 heterocycles. The number of amides is 1. The van der Waals surface area contributed by atoms with Crippen LogP contribution < -0.4 is 5.32 Å². The van der Waals surface area contributed by atoms with Crippen molar-refractivity contribution in [1.29, 1.82) is 0 Å². The molecule has 0 bridgehead atoms. The molecular formula is C17H25NO2. The van der Waals surface area contributed by atoms with E-state index >= 15 is 0 Å². The van der Waals surface area contributed by atoms with E-state index in [-0.39, 0.29) is 12.5 Å². The number of nitrogens with one attached hydrogen (secondary N) is 1. The molecule has 1 aliphatic carbocycles. The first kappa shape index (κ1) is 15.0. The first-order valence-corrected chi connectivity index (χ1v) is 7.73. The molecule has 1 fully saturated rings. The van der Waals surface area contributed by atoms with Crippen LogP contribution in [0.4, 0.5) is 0 Å². The van der Waals surface area contributed by atoms with Crippen molar-refractivity contribution >= 4 is 5.91 Å². The van der Waals surface area contributed by atoms with E-state index in [0.29, 0.717) is 13.0 Å². The molecule has 1 saturated carbocycles. The molecular weight excluding hydrogens is 250 g/mol. The Morgan fingerprint density at radius 1 is 1.10 bits per heavy atom. The van der Waals surface area contributed by atoms with Crippen LogP contribution in [0, 0.1) is 5.92 Å². The molecule has 3 heteroatoms. The van der Waals surface area contributed by atoms with E-state index in [9.17, 15) is 4.79 Å². The van der Waals surface area contributed by atoms with Crippen LogP contribution in [-0.4, -0.2) is 11.0 Å². The number of carbonyl (C=O) groups is 1. The smallest absolute Gasteiger partial charge is 0.220 e. The lowest BCUT2D eigenvalue weighted by Gasteiger charge is -2.21. The average molecular weight is 275 g/mol. The zero-order valence-corrected chi connectivity index (χ0v) is 12.1. The summed E-state index contributed by atoms with van der Waals surface area (Å²) in [7, 11) is 0. The Hall–Kier alpha value is -1.35. The van der Waals surface area contributed by atoms with Crippen molar-refractivity contribution in [2.45, 2.75) is 58.1 Å². The Bertz CT molecular complexity index is 408. The van der Waals surface area contributed by atoms with Gasteiger partial charge in [0.25, 0.3) is 0 Å².